The van der Waals surface area contributed by atoms with Crippen LogP contribution in [-0.4, -0.2) is 69.7 Å². The molecule has 140 valence electrons. The first-order valence-corrected chi connectivity index (χ1v) is 8.84. The van der Waals surface area contributed by atoms with Gasteiger partial charge in [-0.05, 0) is 36.6 Å². The second kappa shape index (κ2) is 10.3. The maximum absolute atomic E-state index is 10.8. The Kier molecular flexibility index (Phi) is 8.11. The summed E-state index contributed by atoms with van der Waals surface area (Å²) in [5, 5.41) is 10.0. The first-order chi connectivity index (χ1) is 12.3. The maximum Gasteiger partial charge on any atom is 0.150 e. The molecule has 0 saturated carbocycles. The Balaban J connectivity index is 0.00000109. The van der Waals surface area contributed by atoms with Gasteiger partial charge < -0.3 is 19.5 Å². The summed E-state index contributed by atoms with van der Waals surface area (Å²) in [6.07, 6.45) is 3.58. The lowest BCUT2D eigenvalue weighted by molar-refractivity contribution is 0.0142. The van der Waals surface area contributed by atoms with E-state index in [1.807, 2.05) is 12.1 Å². The Hall–Kier alpha value is -1.70. The first kappa shape index (κ1) is 19.6. The molecule has 2 fully saturated rings. The SMILES string of the molecule is CO.COc1cc(N2CCCC(N3CCOCC3)CC2)ccc1N=O. The molecule has 0 spiro atoms. The molecular formula is C18H29N3O4. The summed E-state index contributed by atoms with van der Waals surface area (Å²) in [5.41, 5.74) is 1.47. The Bertz CT molecular complexity index is 535. The molecule has 1 aromatic rings. The van der Waals surface area contributed by atoms with Crippen LogP contribution in [0.5, 0.6) is 5.75 Å². The number of ether oxygens (including phenoxy) is 2. The Morgan fingerprint density at radius 1 is 1.16 bits per heavy atom. The molecule has 0 aromatic heterocycles. The summed E-state index contributed by atoms with van der Waals surface area (Å²) in [7, 11) is 2.57. The van der Waals surface area contributed by atoms with E-state index in [-0.39, 0.29) is 0 Å². The quantitative estimate of drug-likeness (QED) is 0.840. The summed E-state index contributed by atoms with van der Waals surface area (Å²) in [6, 6.07) is 6.28. The molecule has 25 heavy (non-hydrogen) atoms. The van der Waals surface area contributed by atoms with Crippen molar-refractivity contribution in [3.05, 3.63) is 23.1 Å². The predicted octanol–water partition coefficient (Wildman–Crippen LogP) is 2.39. The van der Waals surface area contributed by atoms with Gasteiger partial charge in [0, 0.05) is 51.1 Å². The lowest BCUT2D eigenvalue weighted by Gasteiger charge is -2.34. The average molecular weight is 351 g/mol. The zero-order valence-electron chi connectivity index (χ0n) is 15.2. The van der Waals surface area contributed by atoms with Crippen molar-refractivity contribution in [2.45, 2.75) is 25.3 Å². The number of hydrogen-bond donors (Lipinski definition) is 1. The first-order valence-electron chi connectivity index (χ1n) is 8.84. The number of aliphatic hydroxyl groups is 1. The molecule has 1 aromatic carbocycles. The third-order valence-electron chi connectivity index (χ3n) is 4.89. The topological polar surface area (TPSA) is 74.6 Å². The molecule has 3 rings (SSSR count). The van der Waals surface area contributed by atoms with Crippen LogP contribution in [0.4, 0.5) is 11.4 Å². The molecule has 2 saturated heterocycles. The van der Waals surface area contributed by atoms with Crippen LogP contribution in [-0.2, 0) is 4.74 Å². The highest BCUT2D eigenvalue weighted by Crippen LogP contribution is 2.33. The van der Waals surface area contributed by atoms with E-state index in [0.29, 0.717) is 17.5 Å². The van der Waals surface area contributed by atoms with Crippen LogP contribution < -0.4 is 9.64 Å². The normalized spacial score (nSPS) is 21.7. The highest BCUT2D eigenvalue weighted by atomic mass is 16.5. The Morgan fingerprint density at radius 2 is 1.92 bits per heavy atom. The van der Waals surface area contributed by atoms with Crippen LogP contribution in [0.3, 0.4) is 0 Å². The lowest BCUT2D eigenvalue weighted by atomic mass is 10.1. The van der Waals surface area contributed by atoms with Gasteiger partial charge in [0.15, 0.2) is 0 Å². The second-order valence-corrected chi connectivity index (χ2v) is 6.17. The predicted molar refractivity (Wildman–Crippen MR) is 98.8 cm³/mol. The molecule has 1 N–H and O–H groups in total. The van der Waals surface area contributed by atoms with Crippen LogP contribution in [0.15, 0.2) is 23.4 Å². The summed E-state index contributed by atoms with van der Waals surface area (Å²) >= 11 is 0. The highest BCUT2D eigenvalue weighted by molar-refractivity contribution is 5.61. The van der Waals surface area contributed by atoms with Gasteiger partial charge in [0.2, 0.25) is 0 Å². The van der Waals surface area contributed by atoms with Gasteiger partial charge in [0.25, 0.3) is 0 Å². The molecular weight excluding hydrogens is 322 g/mol. The molecule has 7 heteroatoms. The third kappa shape index (κ3) is 5.14. The number of benzene rings is 1. The van der Waals surface area contributed by atoms with Crippen LogP contribution in [0.1, 0.15) is 19.3 Å². The van der Waals surface area contributed by atoms with E-state index >= 15 is 0 Å². The van der Waals surface area contributed by atoms with Crippen LogP contribution >= 0.6 is 0 Å². The number of rotatable bonds is 4. The summed E-state index contributed by atoms with van der Waals surface area (Å²) in [5.74, 6) is 0.548. The van der Waals surface area contributed by atoms with Gasteiger partial charge in [-0.15, -0.1) is 4.91 Å². The van der Waals surface area contributed by atoms with Gasteiger partial charge in [0.05, 0.1) is 20.3 Å². The molecule has 2 aliphatic rings. The molecule has 1 unspecified atom stereocenters. The molecule has 0 amide bonds. The van der Waals surface area contributed by atoms with Crippen molar-refractivity contribution in [2.24, 2.45) is 5.18 Å². The van der Waals surface area contributed by atoms with Crippen LogP contribution in [0.2, 0.25) is 0 Å². The molecule has 0 radical (unpaired) electrons. The molecule has 7 nitrogen and oxygen atoms in total. The number of hydrogen-bond acceptors (Lipinski definition) is 7. The largest absolute Gasteiger partial charge is 0.494 e. The van der Waals surface area contributed by atoms with E-state index < -0.39 is 0 Å². The zero-order valence-corrected chi connectivity index (χ0v) is 15.2. The Morgan fingerprint density at radius 3 is 2.60 bits per heavy atom. The highest BCUT2D eigenvalue weighted by Gasteiger charge is 2.24. The van der Waals surface area contributed by atoms with Crippen LogP contribution in [0.25, 0.3) is 0 Å². The monoisotopic (exact) mass is 351 g/mol. The summed E-state index contributed by atoms with van der Waals surface area (Å²) < 4.78 is 10.7. The molecule has 1 atom stereocenters. The van der Waals surface area contributed by atoms with Gasteiger partial charge in [-0.25, -0.2) is 0 Å². The number of nitroso groups, excluding NO2 is 1. The van der Waals surface area contributed by atoms with Gasteiger partial charge in [-0.3, -0.25) is 4.90 Å². The van der Waals surface area contributed by atoms with Gasteiger partial charge in [-0.2, -0.15) is 0 Å². The lowest BCUT2D eigenvalue weighted by Crippen LogP contribution is -2.43. The number of morpholine rings is 1. The number of anilines is 1. The fourth-order valence-corrected chi connectivity index (χ4v) is 3.58. The van der Waals surface area contributed by atoms with Crippen molar-refractivity contribution in [3.63, 3.8) is 0 Å². The maximum atomic E-state index is 10.8. The summed E-state index contributed by atoms with van der Waals surface area (Å²) in [6.45, 7) is 5.89. The van der Waals surface area contributed by atoms with Crippen molar-refractivity contribution in [3.8, 4) is 5.75 Å². The van der Waals surface area contributed by atoms with E-state index in [4.69, 9.17) is 14.6 Å². The standard InChI is InChI=1S/C17H25N3O3.CH4O/c1-22-17-13-15(4-5-16(17)18-21)19-7-2-3-14(6-8-19)20-9-11-23-12-10-20;1-2/h4-5,13-14H,2-3,6-12H2,1H3;2H,1H3. The third-order valence-corrected chi connectivity index (χ3v) is 4.89. The van der Waals surface area contributed by atoms with Gasteiger partial charge in [-0.1, -0.05) is 0 Å². The van der Waals surface area contributed by atoms with E-state index in [2.05, 4.69) is 15.0 Å². The fourth-order valence-electron chi connectivity index (χ4n) is 3.58. The zero-order chi connectivity index (χ0) is 18.1. The van der Waals surface area contributed by atoms with Crippen molar-refractivity contribution in [1.82, 2.24) is 4.90 Å². The second-order valence-electron chi connectivity index (χ2n) is 6.17. The number of aliphatic hydroxyl groups excluding tert-OH is 1. The molecule has 2 heterocycles. The summed E-state index contributed by atoms with van der Waals surface area (Å²) in [4.78, 5) is 15.8. The Labute approximate surface area is 149 Å². The van der Waals surface area contributed by atoms with E-state index in [9.17, 15) is 4.91 Å². The number of methoxy groups -OCH3 is 1. The van der Waals surface area contributed by atoms with Gasteiger partial charge in [0.1, 0.15) is 11.4 Å². The van der Waals surface area contributed by atoms with Crippen molar-refractivity contribution >= 4 is 11.4 Å². The van der Waals surface area contributed by atoms with Crippen molar-refractivity contribution in [1.29, 1.82) is 0 Å². The minimum absolute atomic E-state index is 0.359. The molecule has 0 bridgehead atoms. The van der Waals surface area contributed by atoms with E-state index in [0.717, 1.165) is 58.6 Å². The van der Waals surface area contributed by atoms with Crippen LogP contribution in [0, 0.1) is 4.91 Å². The average Bonchev–Trinajstić information content (AvgIpc) is 2.96. The van der Waals surface area contributed by atoms with Gasteiger partial charge >= 0.3 is 0 Å². The van der Waals surface area contributed by atoms with Crippen molar-refractivity contribution in [2.75, 3.05) is 58.5 Å². The molecule has 2 aliphatic heterocycles. The van der Waals surface area contributed by atoms with E-state index in [1.165, 1.54) is 12.8 Å². The number of nitrogens with zero attached hydrogens (tertiary/aromatic N) is 3. The minimum Gasteiger partial charge on any atom is -0.494 e. The van der Waals surface area contributed by atoms with E-state index in [1.54, 1.807) is 13.2 Å². The minimum atomic E-state index is 0.359. The fraction of sp³-hybridized carbons (Fsp3) is 0.667. The smallest absolute Gasteiger partial charge is 0.150 e. The van der Waals surface area contributed by atoms with Crippen molar-refractivity contribution < 1.29 is 14.6 Å². The molecule has 0 aliphatic carbocycles.